The second-order valence-electron chi connectivity index (χ2n) is 7.97. The zero-order valence-electron chi connectivity index (χ0n) is 14.6. The molecule has 6 nitrogen and oxygen atoms in total. The molecule has 26 heavy (non-hydrogen) atoms. The van der Waals surface area contributed by atoms with Gasteiger partial charge < -0.3 is 15.0 Å². The third-order valence-corrected chi connectivity index (χ3v) is 7.20. The molecule has 4 atom stereocenters. The monoisotopic (exact) mass is 373 g/mol. The number of carbonyl (C=O) groups is 2. The van der Waals surface area contributed by atoms with Crippen LogP contribution in [0, 0.1) is 17.8 Å². The highest BCUT2D eigenvalue weighted by molar-refractivity contribution is 7.07. The fourth-order valence-corrected chi connectivity index (χ4v) is 5.87. The van der Waals surface area contributed by atoms with Crippen LogP contribution in [0.15, 0.2) is 23.0 Å². The summed E-state index contributed by atoms with van der Waals surface area (Å²) >= 11 is 1.42. The zero-order valence-corrected chi connectivity index (χ0v) is 15.4. The Hall–Kier alpha value is -1.73. The van der Waals surface area contributed by atoms with Crippen LogP contribution in [0.25, 0.3) is 0 Å². The Kier molecular flexibility index (Phi) is 3.90. The van der Waals surface area contributed by atoms with Crippen LogP contribution in [0.1, 0.15) is 36.2 Å². The van der Waals surface area contributed by atoms with Crippen LogP contribution in [-0.4, -0.2) is 53.0 Å². The lowest BCUT2D eigenvalue weighted by atomic mass is 9.73. The fourth-order valence-electron chi connectivity index (χ4n) is 5.33. The Bertz CT molecular complexity index is 741. The first kappa shape index (κ1) is 16.4. The van der Waals surface area contributed by atoms with E-state index in [1.54, 1.807) is 10.9 Å². The van der Waals surface area contributed by atoms with Crippen LogP contribution in [0.2, 0.25) is 0 Å². The van der Waals surface area contributed by atoms with Crippen molar-refractivity contribution in [2.45, 2.75) is 37.4 Å². The number of carbonyl (C=O) groups excluding carboxylic acids is 2. The average Bonchev–Trinajstić information content (AvgIpc) is 3.45. The zero-order chi connectivity index (χ0) is 17.7. The molecular weight excluding hydrogens is 350 g/mol. The molecule has 3 fully saturated rings. The van der Waals surface area contributed by atoms with Crippen molar-refractivity contribution in [1.29, 1.82) is 0 Å². The lowest BCUT2D eigenvalue weighted by Gasteiger charge is -2.29. The minimum atomic E-state index is -0.178. The van der Waals surface area contributed by atoms with Crippen LogP contribution in [0.5, 0.6) is 0 Å². The number of rotatable bonds is 4. The Balaban J connectivity index is 1.26. The number of fused-ring (bicyclic) bond motifs is 1. The van der Waals surface area contributed by atoms with E-state index in [1.165, 1.54) is 11.3 Å². The minimum absolute atomic E-state index is 0.116. The summed E-state index contributed by atoms with van der Waals surface area (Å²) in [4.78, 5) is 31.2. The predicted molar refractivity (Wildman–Crippen MR) is 96.7 cm³/mol. The molecule has 1 N–H and O–H groups in total. The van der Waals surface area contributed by atoms with E-state index in [-0.39, 0.29) is 35.4 Å². The number of nitrogens with one attached hydrogen (secondary N) is 1. The number of aromatic nitrogens is 1. The van der Waals surface area contributed by atoms with Crippen molar-refractivity contribution >= 4 is 23.2 Å². The second-order valence-corrected chi connectivity index (χ2v) is 8.69. The van der Waals surface area contributed by atoms with E-state index in [0.29, 0.717) is 18.2 Å². The molecule has 5 rings (SSSR count). The van der Waals surface area contributed by atoms with Gasteiger partial charge in [0.25, 0.3) is 5.91 Å². The SMILES string of the molecule is O=C(NC[C@H]1[C@H]2CN(C(=O)C3CC=CC3)C[C@]23CC[C@H]1O3)c1cscn1. The Morgan fingerprint density at radius 3 is 3.00 bits per heavy atom. The molecule has 0 saturated carbocycles. The van der Waals surface area contributed by atoms with Gasteiger partial charge in [-0.05, 0) is 25.7 Å². The molecule has 7 heteroatoms. The van der Waals surface area contributed by atoms with Gasteiger partial charge in [0.1, 0.15) is 5.69 Å². The third-order valence-electron chi connectivity index (χ3n) is 6.62. The van der Waals surface area contributed by atoms with E-state index in [2.05, 4.69) is 22.5 Å². The number of amides is 2. The van der Waals surface area contributed by atoms with Crippen molar-refractivity contribution < 1.29 is 14.3 Å². The number of likely N-dealkylation sites (tertiary alicyclic amines) is 1. The number of thiazole rings is 1. The second kappa shape index (κ2) is 6.16. The minimum Gasteiger partial charge on any atom is -0.369 e. The van der Waals surface area contributed by atoms with E-state index < -0.39 is 0 Å². The highest BCUT2D eigenvalue weighted by Crippen LogP contribution is 2.54. The van der Waals surface area contributed by atoms with Gasteiger partial charge in [0.05, 0.1) is 23.8 Å². The normalized spacial score (nSPS) is 35.2. The first-order valence-electron chi connectivity index (χ1n) is 9.44. The average molecular weight is 373 g/mol. The fraction of sp³-hybridized carbons (Fsp3) is 0.632. The number of hydrogen-bond acceptors (Lipinski definition) is 5. The summed E-state index contributed by atoms with van der Waals surface area (Å²) in [7, 11) is 0. The van der Waals surface area contributed by atoms with Crippen molar-refractivity contribution in [3.8, 4) is 0 Å². The summed E-state index contributed by atoms with van der Waals surface area (Å²) in [6, 6.07) is 0. The van der Waals surface area contributed by atoms with Gasteiger partial charge >= 0.3 is 0 Å². The maximum absolute atomic E-state index is 12.8. The van der Waals surface area contributed by atoms with Crippen molar-refractivity contribution in [2.75, 3.05) is 19.6 Å². The molecule has 0 unspecified atom stereocenters. The number of nitrogens with zero attached hydrogens (tertiary/aromatic N) is 2. The summed E-state index contributed by atoms with van der Waals surface area (Å²) in [6.45, 7) is 2.09. The molecule has 4 aliphatic rings. The van der Waals surface area contributed by atoms with E-state index in [1.807, 2.05) is 4.90 Å². The molecule has 1 aromatic rings. The number of allylic oxidation sites excluding steroid dienone is 2. The van der Waals surface area contributed by atoms with Crippen molar-refractivity contribution in [3.05, 3.63) is 28.7 Å². The molecule has 138 valence electrons. The van der Waals surface area contributed by atoms with Gasteiger partial charge in [-0.3, -0.25) is 9.59 Å². The molecule has 1 spiro atoms. The molecule has 2 amide bonds. The quantitative estimate of drug-likeness (QED) is 0.818. The predicted octanol–water partition coefficient (Wildman–Crippen LogP) is 1.85. The lowest BCUT2D eigenvalue weighted by molar-refractivity contribution is -0.135. The topological polar surface area (TPSA) is 71.5 Å². The van der Waals surface area contributed by atoms with Gasteiger partial charge in [-0.1, -0.05) is 12.2 Å². The largest absolute Gasteiger partial charge is 0.369 e. The standard InChI is InChI=1S/C19H23N3O3S/c23-17(15-9-26-11-21-15)20-7-13-14-8-22(18(24)12-3-1-2-4-12)10-19(14)6-5-16(13)25-19/h1-2,9,11-14,16H,3-8,10H2,(H,20,23)/t13-,14+,16+,19+/m0/s1. The van der Waals surface area contributed by atoms with Crippen molar-refractivity contribution in [3.63, 3.8) is 0 Å². The van der Waals surface area contributed by atoms with Crippen LogP contribution >= 0.6 is 11.3 Å². The van der Waals surface area contributed by atoms with Gasteiger partial charge in [-0.15, -0.1) is 11.3 Å². The molecular formula is C19H23N3O3S. The van der Waals surface area contributed by atoms with E-state index >= 15 is 0 Å². The number of ether oxygens (including phenoxy) is 1. The Labute approximate surface area is 156 Å². The first-order valence-corrected chi connectivity index (χ1v) is 10.4. The van der Waals surface area contributed by atoms with E-state index in [4.69, 9.17) is 4.74 Å². The van der Waals surface area contributed by atoms with Crippen molar-refractivity contribution in [1.82, 2.24) is 15.2 Å². The molecule has 3 saturated heterocycles. The van der Waals surface area contributed by atoms with Crippen LogP contribution in [-0.2, 0) is 9.53 Å². The van der Waals surface area contributed by atoms with Gasteiger partial charge in [0.15, 0.2) is 0 Å². The smallest absolute Gasteiger partial charge is 0.270 e. The Morgan fingerprint density at radius 1 is 1.38 bits per heavy atom. The summed E-state index contributed by atoms with van der Waals surface area (Å²) in [5, 5.41) is 4.80. The summed E-state index contributed by atoms with van der Waals surface area (Å²) in [6.07, 6.45) is 8.22. The van der Waals surface area contributed by atoms with Crippen LogP contribution in [0.3, 0.4) is 0 Å². The summed E-state index contributed by atoms with van der Waals surface area (Å²) < 4.78 is 6.39. The van der Waals surface area contributed by atoms with E-state index in [0.717, 1.165) is 38.8 Å². The molecule has 0 aromatic carbocycles. The van der Waals surface area contributed by atoms with Gasteiger partial charge in [-0.2, -0.15) is 0 Å². The Morgan fingerprint density at radius 2 is 2.23 bits per heavy atom. The summed E-state index contributed by atoms with van der Waals surface area (Å²) in [5.41, 5.74) is 1.97. The molecule has 4 heterocycles. The number of hydrogen-bond donors (Lipinski definition) is 1. The molecule has 2 bridgehead atoms. The van der Waals surface area contributed by atoms with Crippen molar-refractivity contribution in [2.24, 2.45) is 17.8 Å². The van der Waals surface area contributed by atoms with Gasteiger partial charge in [0.2, 0.25) is 5.91 Å². The lowest BCUT2D eigenvalue weighted by Crippen LogP contribution is -2.42. The highest BCUT2D eigenvalue weighted by Gasteiger charge is 2.63. The highest BCUT2D eigenvalue weighted by atomic mass is 32.1. The van der Waals surface area contributed by atoms with E-state index in [9.17, 15) is 9.59 Å². The molecule has 1 aromatic heterocycles. The van der Waals surface area contributed by atoms with Gasteiger partial charge in [0, 0.05) is 36.2 Å². The van der Waals surface area contributed by atoms with Crippen LogP contribution < -0.4 is 5.32 Å². The molecule has 1 aliphatic carbocycles. The third kappa shape index (κ3) is 2.52. The maximum Gasteiger partial charge on any atom is 0.270 e. The first-order chi connectivity index (χ1) is 12.7. The summed E-state index contributed by atoms with van der Waals surface area (Å²) in [5.74, 6) is 0.883. The molecule has 0 radical (unpaired) electrons. The molecule has 3 aliphatic heterocycles. The maximum atomic E-state index is 12.8. The van der Waals surface area contributed by atoms with Gasteiger partial charge in [-0.25, -0.2) is 4.98 Å². The van der Waals surface area contributed by atoms with Crippen LogP contribution in [0.4, 0.5) is 0 Å².